The third kappa shape index (κ3) is 2.31. The summed E-state index contributed by atoms with van der Waals surface area (Å²) in [6.45, 7) is 8.36. The van der Waals surface area contributed by atoms with Crippen LogP contribution in [0.4, 0.5) is 17.1 Å². The minimum atomic E-state index is -1.59. The zero-order valence-corrected chi connectivity index (χ0v) is 20.2. The van der Waals surface area contributed by atoms with E-state index >= 15 is 0 Å². The van der Waals surface area contributed by atoms with E-state index in [9.17, 15) is 15.3 Å². The number of nitriles is 2. The van der Waals surface area contributed by atoms with Crippen LogP contribution in [0.15, 0.2) is 59.2 Å². The third-order valence-electron chi connectivity index (χ3n) is 8.03. The smallest absolute Gasteiger partial charge is 0.249 e. The number of nitrogens with zero attached hydrogens (tertiary/aromatic N) is 4. The molecule has 1 spiro atoms. The van der Waals surface area contributed by atoms with Crippen molar-refractivity contribution in [3.63, 3.8) is 0 Å². The number of carbonyl (C=O) groups excluding carboxylic acids is 1. The molecular formula is C28H26N6O. The molecule has 2 aromatic carbocycles. The van der Waals surface area contributed by atoms with Crippen molar-refractivity contribution >= 4 is 23.0 Å². The molecule has 3 N–H and O–H groups in total. The average Bonchev–Trinajstić information content (AvgIpc) is 3.33. The number of nitrogens with two attached hydrogens (primary N) is 1. The number of amides is 1. The van der Waals surface area contributed by atoms with Gasteiger partial charge in [0, 0.05) is 11.1 Å². The summed E-state index contributed by atoms with van der Waals surface area (Å²) >= 11 is 0. The zero-order valence-electron chi connectivity index (χ0n) is 20.2. The number of rotatable bonds is 1. The molecule has 0 aromatic heterocycles. The molecule has 0 aliphatic carbocycles. The standard InChI is InChI=1S/C28H26N6O/c1-5-16-10-17-15(2)12-27(3,4)34-23(17)18(11-16)28(26(34)35)19(13-29)24(31)33-22-9-7-6-8-21(22)32-25(33)20(28)14-30/h6-11,15,32H,5,12,31H2,1-4H3/t15-,28-/m0/s1. The molecule has 0 fully saturated rings. The van der Waals surface area contributed by atoms with Crippen molar-refractivity contribution in [2.45, 2.75) is 57.4 Å². The predicted octanol–water partition coefficient (Wildman–Crippen LogP) is 4.49. The number of benzene rings is 2. The summed E-state index contributed by atoms with van der Waals surface area (Å²) in [5.41, 5.74) is 10.2. The lowest BCUT2D eigenvalue weighted by Crippen LogP contribution is -2.55. The number of nitrogens with one attached hydrogen (secondary N) is 1. The van der Waals surface area contributed by atoms with Gasteiger partial charge in [-0.1, -0.05) is 38.1 Å². The number of carbonyl (C=O) groups is 1. The summed E-state index contributed by atoms with van der Waals surface area (Å²) in [6, 6.07) is 16.4. The maximum atomic E-state index is 14.7. The summed E-state index contributed by atoms with van der Waals surface area (Å²) in [6.07, 6.45) is 1.56. The van der Waals surface area contributed by atoms with E-state index in [-0.39, 0.29) is 28.8 Å². The summed E-state index contributed by atoms with van der Waals surface area (Å²) < 4.78 is 0. The summed E-state index contributed by atoms with van der Waals surface area (Å²) in [5.74, 6) is 0.567. The van der Waals surface area contributed by atoms with Crippen LogP contribution in [0.5, 0.6) is 0 Å². The van der Waals surface area contributed by atoms with Crippen LogP contribution >= 0.6 is 0 Å². The number of para-hydroxylation sites is 2. The van der Waals surface area contributed by atoms with E-state index in [1.54, 1.807) is 4.90 Å². The second-order valence-electron chi connectivity index (χ2n) is 10.4. The lowest BCUT2D eigenvalue weighted by Gasteiger charge is -2.44. The first-order chi connectivity index (χ1) is 16.7. The Kier molecular flexibility index (Phi) is 4.06. The maximum absolute atomic E-state index is 14.7. The molecule has 4 heterocycles. The van der Waals surface area contributed by atoms with E-state index in [1.165, 1.54) is 0 Å². The van der Waals surface area contributed by atoms with Crippen LogP contribution in [-0.2, 0) is 16.6 Å². The molecule has 7 heteroatoms. The molecule has 0 bridgehead atoms. The molecule has 4 aliphatic rings. The average molecular weight is 463 g/mol. The Bertz CT molecular complexity index is 1500. The van der Waals surface area contributed by atoms with Gasteiger partial charge in [0.2, 0.25) is 5.91 Å². The van der Waals surface area contributed by atoms with Crippen LogP contribution in [0.25, 0.3) is 0 Å². The molecule has 174 valence electrons. The van der Waals surface area contributed by atoms with Crippen LogP contribution in [0.3, 0.4) is 0 Å². The van der Waals surface area contributed by atoms with Crippen molar-refractivity contribution in [2.24, 2.45) is 5.73 Å². The van der Waals surface area contributed by atoms with Gasteiger partial charge in [0.25, 0.3) is 0 Å². The third-order valence-corrected chi connectivity index (χ3v) is 8.03. The van der Waals surface area contributed by atoms with E-state index in [0.717, 1.165) is 41.0 Å². The van der Waals surface area contributed by atoms with Crippen LogP contribution < -0.4 is 20.9 Å². The summed E-state index contributed by atoms with van der Waals surface area (Å²) in [7, 11) is 0. The topological polar surface area (TPSA) is 109 Å². The highest BCUT2D eigenvalue weighted by atomic mass is 16.2. The first-order valence-corrected chi connectivity index (χ1v) is 12.0. The van der Waals surface area contributed by atoms with Gasteiger partial charge < -0.3 is 16.0 Å². The Hall–Kier alpha value is -4.23. The second-order valence-corrected chi connectivity index (χ2v) is 10.4. The SMILES string of the molecule is CCc1cc2c3c(c1)[C@]1(C(=O)N3C(C)(C)C[C@@H]2C)C(C#N)=C(N)N2C(=C1C#N)Nc1ccccc12. The minimum absolute atomic E-state index is 0.106. The molecule has 0 saturated carbocycles. The summed E-state index contributed by atoms with van der Waals surface area (Å²) in [4.78, 5) is 18.2. The van der Waals surface area contributed by atoms with Crippen molar-refractivity contribution in [1.82, 2.24) is 0 Å². The van der Waals surface area contributed by atoms with Crippen molar-refractivity contribution < 1.29 is 4.79 Å². The van der Waals surface area contributed by atoms with Crippen LogP contribution in [0.2, 0.25) is 0 Å². The molecule has 35 heavy (non-hydrogen) atoms. The van der Waals surface area contributed by atoms with Crippen molar-refractivity contribution in [3.05, 3.63) is 75.9 Å². The van der Waals surface area contributed by atoms with Crippen LogP contribution in [0.1, 0.15) is 56.7 Å². The minimum Gasteiger partial charge on any atom is -0.384 e. The van der Waals surface area contributed by atoms with Crippen molar-refractivity contribution in [3.8, 4) is 12.1 Å². The van der Waals surface area contributed by atoms with E-state index in [0.29, 0.717) is 11.4 Å². The van der Waals surface area contributed by atoms with Crippen LogP contribution in [0, 0.1) is 22.7 Å². The molecule has 2 aromatic rings. The number of aryl methyl sites for hydroxylation is 1. The lowest BCUT2D eigenvalue weighted by molar-refractivity contribution is -0.122. The van der Waals surface area contributed by atoms with Gasteiger partial charge in [0.15, 0.2) is 5.41 Å². The molecule has 1 amide bonds. The second kappa shape index (κ2) is 6.67. The van der Waals surface area contributed by atoms with Gasteiger partial charge in [-0.15, -0.1) is 0 Å². The lowest BCUT2D eigenvalue weighted by atomic mass is 9.67. The van der Waals surface area contributed by atoms with E-state index < -0.39 is 11.0 Å². The van der Waals surface area contributed by atoms with E-state index in [1.807, 2.05) is 35.2 Å². The Morgan fingerprint density at radius 3 is 2.57 bits per heavy atom. The fourth-order valence-electron chi connectivity index (χ4n) is 6.62. The van der Waals surface area contributed by atoms with Gasteiger partial charge in [-0.3, -0.25) is 9.69 Å². The molecule has 6 rings (SSSR count). The summed E-state index contributed by atoms with van der Waals surface area (Å²) in [5, 5.41) is 24.5. The van der Waals surface area contributed by atoms with Gasteiger partial charge in [-0.05, 0) is 55.9 Å². The molecule has 0 radical (unpaired) electrons. The van der Waals surface area contributed by atoms with Crippen LogP contribution in [-0.4, -0.2) is 11.4 Å². The Labute approximate surface area is 204 Å². The fraction of sp³-hybridized carbons (Fsp3) is 0.321. The normalized spacial score (nSPS) is 25.2. The van der Waals surface area contributed by atoms with Crippen molar-refractivity contribution in [2.75, 3.05) is 15.1 Å². The molecule has 0 unspecified atom stereocenters. The molecule has 7 nitrogen and oxygen atoms in total. The Morgan fingerprint density at radius 1 is 1.17 bits per heavy atom. The first-order valence-electron chi connectivity index (χ1n) is 12.0. The molecule has 2 atom stereocenters. The predicted molar refractivity (Wildman–Crippen MR) is 134 cm³/mol. The maximum Gasteiger partial charge on any atom is 0.249 e. The monoisotopic (exact) mass is 462 g/mol. The largest absolute Gasteiger partial charge is 0.384 e. The van der Waals surface area contributed by atoms with Gasteiger partial charge in [-0.25, -0.2) is 0 Å². The number of hydrogen-bond donors (Lipinski definition) is 2. The molecule has 0 saturated heterocycles. The first kappa shape index (κ1) is 21.3. The number of anilines is 3. The van der Waals surface area contributed by atoms with Gasteiger partial charge in [0.05, 0.1) is 28.2 Å². The van der Waals surface area contributed by atoms with E-state index in [2.05, 4.69) is 51.2 Å². The van der Waals surface area contributed by atoms with Gasteiger partial charge in [0.1, 0.15) is 23.8 Å². The molecule has 4 aliphatic heterocycles. The quantitative estimate of drug-likeness (QED) is 0.646. The number of hydrogen-bond acceptors (Lipinski definition) is 6. The van der Waals surface area contributed by atoms with E-state index in [4.69, 9.17) is 5.73 Å². The Balaban J connectivity index is 1.77. The molecular weight excluding hydrogens is 436 g/mol. The highest BCUT2D eigenvalue weighted by Crippen LogP contribution is 2.61. The highest BCUT2D eigenvalue weighted by Gasteiger charge is 2.65. The Morgan fingerprint density at radius 2 is 1.89 bits per heavy atom. The van der Waals surface area contributed by atoms with Crippen molar-refractivity contribution in [1.29, 1.82) is 10.5 Å². The zero-order chi connectivity index (χ0) is 24.9. The van der Waals surface area contributed by atoms with Gasteiger partial charge >= 0.3 is 0 Å². The number of fused-ring (bicyclic) bond motifs is 4. The highest BCUT2D eigenvalue weighted by molar-refractivity contribution is 6.17. The van der Waals surface area contributed by atoms with Gasteiger partial charge in [-0.2, -0.15) is 10.5 Å². The fourth-order valence-corrected chi connectivity index (χ4v) is 6.62.